The largest absolute Gasteiger partial charge is 0.396 e. The van der Waals surface area contributed by atoms with Crippen LogP contribution in [-0.4, -0.2) is 16.6 Å². The highest BCUT2D eigenvalue weighted by Crippen LogP contribution is 2.33. The lowest BCUT2D eigenvalue weighted by Gasteiger charge is -2.28. The van der Waals surface area contributed by atoms with E-state index in [0.29, 0.717) is 6.54 Å². The molecule has 1 atom stereocenters. The molecular formula is C26H40N3O+. The summed E-state index contributed by atoms with van der Waals surface area (Å²) in [5, 5.41) is 11.6. The van der Waals surface area contributed by atoms with Gasteiger partial charge in [-0.15, -0.1) is 0 Å². The topological polar surface area (TPSA) is 40.2 Å². The fourth-order valence-electron chi connectivity index (χ4n) is 4.58. The van der Waals surface area contributed by atoms with E-state index in [4.69, 9.17) is 0 Å². The number of unbranched alkanes of at least 4 members (excludes halogenated alkanes) is 11. The SMILES string of the molecule is CCCCCCCCCCCCCCN1c2nccc[n+]2CC1(O)c1ccccc1. The Morgan fingerprint density at radius 3 is 2.10 bits per heavy atom. The number of hydrogen-bond donors (Lipinski definition) is 1. The summed E-state index contributed by atoms with van der Waals surface area (Å²) in [4.78, 5) is 6.66. The summed E-state index contributed by atoms with van der Waals surface area (Å²) in [7, 11) is 0. The molecule has 0 spiro atoms. The predicted octanol–water partition coefficient (Wildman–Crippen LogP) is 5.74. The van der Waals surface area contributed by atoms with E-state index in [1.807, 2.05) is 48.8 Å². The summed E-state index contributed by atoms with van der Waals surface area (Å²) >= 11 is 0. The van der Waals surface area contributed by atoms with Crippen molar-refractivity contribution in [3.63, 3.8) is 0 Å². The normalized spacial score (nSPS) is 18.0. The minimum absolute atomic E-state index is 0.526. The molecule has 1 unspecified atom stereocenters. The zero-order chi connectivity index (χ0) is 21.1. The minimum atomic E-state index is -1.01. The van der Waals surface area contributed by atoms with Crippen LogP contribution in [0.3, 0.4) is 0 Å². The van der Waals surface area contributed by atoms with E-state index in [1.54, 1.807) is 0 Å². The highest BCUT2D eigenvalue weighted by Gasteiger charge is 2.50. The van der Waals surface area contributed by atoms with Crippen LogP contribution in [0.25, 0.3) is 0 Å². The van der Waals surface area contributed by atoms with Crippen LogP contribution in [0.2, 0.25) is 0 Å². The van der Waals surface area contributed by atoms with Crippen LogP contribution < -0.4 is 9.47 Å². The maximum atomic E-state index is 11.6. The summed E-state index contributed by atoms with van der Waals surface area (Å²) in [5.74, 6) is 0.868. The van der Waals surface area contributed by atoms with Crippen LogP contribution in [0.4, 0.5) is 5.95 Å². The van der Waals surface area contributed by atoms with Gasteiger partial charge in [-0.25, -0.2) is 9.47 Å². The maximum Gasteiger partial charge on any atom is 0.396 e. The van der Waals surface area contributed by atoms with Crippen LogP contribution in [0.5, 0.6) is 0 Å². The van der Waals surface area contributed by atoms with E-state index >= 15 is 0 Å². The van der Waals surface area contributed by atoms with Gasteiger partial charge in [0.1, 0.15) is 12.7 Å². The zero-order valence-corrected chi connectivity index (χ0v) is 18.8. The van der Waals surface area contributed by atoms with Crippen LogP contribution >= 0.6 is 0 Å². The van der Waals surface area contributed by atoms with E-state index in [0.717, 1.165) is 24.5 Å². The number of hydrogen-bond acceptors (Lipinski definition) is 3. The van der Waals surface area contributed by atoms with E-state index < -0.39 is 5.72 Å². The lowest BCUT2D eigenvalue weighted by Crippen LogP contribution is -2.46. The van der Waals surface area contributed by atoms with E-state index in [9.17, 15) is 5.11 Å². The second-order valence-corrected chi connectivity index (χ2v) is 8.77. The van der Waals surface area contributed by atoms with Crippen molar-refractivity contribution in [1.29, 1.82) is 0 Å². The van der Waals surface area contributed by atoms with Crippen molar-refractivity contribution < 1.29 is 9.67 Å². The van der Waals surface area contributed by atoms with Gasteiger partial charge in [-0.2, -0.15) is 0 Å². The molecule has 2 aromatic rings. The highest BCUT2D eigenvalue weighted by atomic mass is 16.3. The monoisotopic (exact) mass is 410 g/mol. The number of rotatable bonds is 14. The molecule has 4 heteroatoms. The van der Waals surface area contributed by atoms with Gasteiger partial charge in [-0.05, 0) is 6.42 Å². The summed E-state index contributed by atoms with van der Waals surface area (Å²) < 4.78 is 2.06. The first-order chi connectivity index (χ1) is 14.8. The lowest BCUT2D eigenvalue weighted by atomic mass is 10.0. The van der Waals surface area contributed by atoms with Crippen LogP contribution in [0, 0.1) is 0 Å². The Kier molecular flexibility index (Phi) is 9.13. The summed E-state index contributed by atoms with van der Waals surface area (Å²) in [6.45, 7) is 3.64. The second kappa shape index (κ2) is 12.0. The first kappa shape index (κ1) is 22.7. The highest BCUT2D eigenvalue weighted by molar-refractivity contribution is 5.37. The van der Waals surface area contributed by atoms with Gasteiger partial charge < -0.3 is 5.11 Å². The molecule has 1 aromatic carbocycles. The third kappa shape index (κ3) is 6.04. The predicted molar refractivity (Wildman–Crippen MR) is 123 cm³/mol. The van der Waals surface area contributed by atoms with Crippen molar-refractivity contribution in [2.75, 3.05) is 11.4 Å². The lowest BCUT2D eigenvalue weighted by molar-refractivity contribution is -0.685. The average molecular weight is 411 g/mol. The zero-order valence-electron chi connectivity index (χ0n) is 18.8. The molecule has 1 aliphatic rings. The third-order valence-corrected chi connectivity index (χ3v) is 6.35. The standard InChI is InChI=1S/C26H40N3O/c1-2-3-4-5-6-7-8-9-10-11-12-16-22-29-25-27-20-17-21-28(25)23-26(29,30)24-18-14-13-15-19-24/h13-15,17-21,30H,2-12,16,22-23H2,1H3/q+1. The Morgan fingerprint density at radius 1 is 0.867 bits per heavy atom. The number of fused-ring (bicyclic) bond motifs is 1. The Bertz CT molecular complexity index is 736. The molecule has 30 heavy (non-hydrogen) atoms. The first-order valence-corrected chi connectivity index (χ1v) is 12.2. The molecule has 0 fully saturated rings. The summed E-state index contributed by atoms with van der Waals surface area (Å²) in [5.41, 5.74) is -0.0742. The van der Waals surface area contributed by atoms with E-state index in [2.05, 4.69) is 21.4 Å². The van der Waals surface area contributed by atoms with E-state index in [1.165, 1.54) is 70.6 Å². The second-order valence-electron chi connectivity index (χ2n) is 8.77. The van der Waals surface area contributed by atoms with Gasteiger partial charge in [0.05, 0.1) is 12.7 Å². The first-order valence-electron chi connectivity index (χ1n) is 12.2. The molecule has 4 nitrogen and oxygen atoms in total. The van der Waals surface area contributed by atoms with Gasteiger partial charge in [-0.1, -0.05) is 113 Å². The maximum absolute atomic E-state index is 11.6. The number of nitrogens with zero attached hydrogens (tertiary/aromatic N) is 3. The molecule has 0 amide bonds. The molecule has 3 rings (SSSR count). The van der Waals surface area contributed by atoms with Gasteiger partial charge >= 0.3 is 5.95 Å². The molecule has 1 aliphatic heterocycles. The van der Waals surface area contributed by atoms with Gasteiger partial charge in [0.15, 0.2) is 0 Å². The van der Waals surface area contributed by atoms with Crippen molar-refractivity contribution in [1.82, 2.24) is 4.98 Å². The molecule has 0 saturated carbocycles. The molecular weight excluding hydrogens is 370 g/mol. The van der Waals surface area contributed by atoms with Gasteiger partial charge in [0, 0.05) is 11.6 Å². The molecule has 2 heterocycles. The van der Waals surface area contributed by atoms with Crippen LogP contribution in [-0.2, 0) is 12.3 Å². The Balaban J connectivity index is 1.40. The van der Waals surface area contributed by atoms with E-state index in [-0.39, 0.29) is 0 Å². The minimum Gasteiger partial charge on any atom is -0.353 e. The van der Waals surface area contributed by atoms with Gasteiger partial charge in [-0.3, -0.25) is 0 Å². The number of anilines is 1. The number of aromatic nitrogens is 2. The van der Waals surface area contributed by atoms with Crippen molar-refractivity contribution in [2.24, 2.45) is 0 Å². The Hall–Kier alpha value is -1.94. The number of aliphatic hydroxyl groups is 1. The molecule has 0 saturated heterocycles. The molecule has 164 valence electrons. The van der Waals surface area contributed by atoms with Crippen LogP contribution in [0.15, 0.2) is 48.8 Å². The van der Waals surface area contributed by atoms with Crippen molar-refractivity contribution in [2.45, 2.75) is 96.2 Å². The Labute approximate surface area is 183 Å². The quantitative estimate of drug-likeness (QED) is 0.319. The molecule has 0 aliphatic carbocycles. The molecule has 1 aromatic heterocycles. The van der Waals surface area contributed by atoms with Crippen LogP contribution in [0.1, 0.15) is 89.5 Å². The smallest absolute Gasteiger partial charge is 0.353 e. The fourth-order valence-corrected chi connectivity index (χ4v) is 4.58. The molecule has 0 radical (unpaired) electrons. The number of benzene rings is 1. The van der Waals surface area contributed by atoms with Gasteiger partial charge in [0.25, 0.3) is 0 Å². The molecule has 0 bridgehead atoms. The average Bonchev–Trinajstić information content (AvgIpc) is 3.07. The summed E-state index contributed by atoms with van der Waals surface area (Å²) in [6, 6.07) is 12.0. The third-order valence-electron chi connectivity index (χ3n) is 6.35. The fraction of sp³-hybridized carbons (Fsp3) is 0.615. The summed E-state index contributed by atoms with van der Waals surface area (Å²) in [6.07, 6.45) is 19.9. The molecule has 1 N–H and O–H groups in total. The van der Waals surface area contributed by atoms with Gasteiger partial charge in [0.2, 0.25) is 5.72 Å². The van der Waals surface area contributed by atoms with Crippen molar-refractivity contribution in [3.05, 3.63) is 54.4 Å². The Morgan fingerprint density at radius 2 is 1.47 bits per heavy atom. The van der Waals surface area contributed by atoms with Crippen molar-refractivity contribution in [3.8, 4) is 0 Å². The van der Waals surface area contributed by atoms with Crippen molar-refractivity contribution >= 4 is 5.95 Å².